The number of ether oxygens (including phenoxy) is 1. The molecule has 0 saturated carbocycles. The van der Waals surface area contributed by atoms with Crippen molar-refractivity contribution in [2.45, 2.75) is 51.0 Å². The number of thiophene rings is 1. The average Bonchev–Trinajstić information content (AvgIpc) is 3.32. The van der Waals surface area contributed by atoms with E-state index < -0.39 is 47.6 Å². The van der Waals surface area contributed by atoms with Gasteiger partial charge in [0.15, 0.2) is 5.96 Å². The number of nitrogens with zero attached hydrogens (tertiary/aromatic N) is 1. The van der Waals surface area contributed by atoms with Crippen molar-refractivity contribution >= 4 is 53.3 Å². The SMILES string of the molecule is CB(O)N=C(NCC#Cc1ccc(C(=O)NCC(NS(=O)(=O)c2ccccc2)C(=O)OC(C)(C)C)s1)NB(C)O. The Bertz CT molecular complexity index is 1350. The first-order valence-corrected chi connectivity index (χ1v) is 14.6. The summed E-state index contributed by atoms with van der Waals surface area (Å²) in [5, 5.41) is 26.9. The summed E-state index contributed by atoms with van der Waals surface area (Å²) in [4.78, 5) is 30.3. The highest BCUT2D eigenvalue weighted by Crippen LogP contribution is 2.16. The number of carbonyl (C=O) groups excluding carboxylic acids is 2. The van der Waals surface area contributed by atoms with Gasteiger partial charge in [-0.1, -0.05) is 30.0 Å². The van der Waals surface area contributed by atoms with Gasteiger partial charge in [0, 0.05) is 6.54 Å². The highest BCUT2D eigenvalue weighted by Gasteiger charge is 2.30. The molecule has 12 nitrogen and oxygen atoms in total. The van der Waals surface area contributed by atoms with Crippen molar-refractivity contribution in [3.05, 3.63) is 52.2 Å². The molecule has 40 heavy (non-hydrogen) atoms. The third-order valence-electron chi connectivity index (χ3n) is 4.56. The number of hydrogen-bond acceptors (Lipinski definition) is 9. The minimum atomic E-state index is -4.07. The van der Waals surface area contributed by atoms with Crippen LogP contribution in [0.15, 0.2) is 52.3 Å². The van der Waals surface area contributed by atoms with E-state index in [-0.39, 0.29) is 23.9 Å². The second-order valence-corrected chi connectivity index (χ2v) is 12.3. The highest BCUT2D eigenvalue weighted by molar-refractivity contribution is 7.89. The minimum absolute atomic E-state index is 0.0308. The number of benzene rings is 1. The molecule has 0 aliphatic rings. The van der Waals surface area contributed by atoms with Crippen molar-refractivity contribution in [3.63, 3.8) is 0 Å². The van der Waals surface area contributed by atoms with Gasteiger partial charge in [-0.3, -0.25) is 14.5 Å². The van der Waals surface area contributed by atoms with Gasteiger partial charge < -0.3 is 30.6 Å². The maximum Gasteiger partial charge on any atom is 0.431 e. The number of rotatable bonds is 10. The van der Waals surface area contributed by atoms with E-state index in [2.05, 4.69) is 37.3 Å². The number of esters is 1. The summed E-state index contributed by atoms with van der Waals surface area (Å²) in [5.74, 6) is 4.57. The number of guanidine groups is 1. The molecule has 6 N–H and O–H groups in total. The van der Waals surface area contributed by atoms with E-state index in [1.807, 2.05) is 0 Å². The van der Waals surface area contributed by atoms with Crippen LogP contribution < -0.4 is 20.6 Å². The molecule has 16 heteroatoms. The summed E-state index contributed by atoms with van der Waals surface area (Å²) < 4.78 is 33.3. The topological polar surface area (TPSA) is 178 Å². The van der Waals surface area contributed by atoms with E-state index in [0.29, 0.717) is 9.75 Å². The third kappa shape index (κ3) is 11.8. The molecule has 1 unspecified atom stereocenters. The molecular formula is C24H33B2N5O7S2. The van der Waals surface area contributed by atoms with Crippen molar-refractivity contribution in [2.24, 2.45) is 4.90 Å². The first-order valence-electron chi connectivity index (χ1n) is 12.3. The monoisotopic (exact) mass is 589 g/mol. The smallest absolute Gasteiger partial charge is 0.431 e. The Labute approximate surface area is 239 Å². The van der Waals surface area contributed by atoms with E-state index in [0.717, 1.165) is 11.3 Å². The molecule has 0 saturated heterocycles. The van der Waals surface area contributed by atoms with E-state index in [9.17, 15) is 28.1 Å². The molecule has 2 rings (SSSR count). The average molecular weight is 589 g/mol. The molecule has 0 aliphatic heterocycles. The predicted octanol–water partition coefficient (Wildman–Crippen LogP) is 0.274. The van der Waals surface area contributed by atoms with E-state index in [4.69, 9.17) is 4.74 Å². The lowest BCUT2D eigenvalue weighted by Gasteiger charge is -2.24. The Hall–Kier alpha value is -3.35. The van der Waals surface area contributed by atoms with Gasteiger partial charge in [0.05, 0.1) is 21.2 Å². The zero-order valence-corrected chi connectivity index (χ0v) is 24.5. The minimum Gasteiger partial charge on any atom is -0.459 e. The third-order valence-corrected chi connectivity index (χ3v) is 7.04. The molecule has 0 spiro atoms. The molecule has 1 heterocycles. The normalized spacial score (nSPS) is 12.4. The molecule has 1 aromatic carbocycles. The highest BCUT2D eigenvalue weighted by atomic mass is 32.2. The van der Waals surface area contributed by atoms with E-state index >= 15 is 0 Å². The van der Waals surface area contributed by atoms with E-state index in [1.54, 1.807) is 51.1 Å². The van der Waals surface area contributed by atoms with Gasteiger partial charge in [-0.05, 0) is 58.7 Å². The van der Waals surface area contributed by atoms with Crippen LogP contribution >= 0.6 is 11.3 Å². The number of carbonyl (C=O) groups is 2. The molecule has 2 aromatic rings. The van der Waals surface area contributed by atoms with Crippen LogP contribution in [0.2, 0.25) is 13.6 Å². The van der Waals surface area contributed by atoms with Crippen LogP contribution in [-0.2, 0) is 19.6 Å². The van der Waals surface area contributed by atoms with Crippen molar-refractivity contribution in [1.29, 1.82) is 0 Å². The largest absolute Gasteiger partial charge is 0.459 e. The molecule has 214 valence electrons. The fourth-order valence-corrected chi connectivity index (χ4v) is 4.99. The maximum atomic E-state index is 12.8. The molecule has 1 aromatic heterocycles. The Balaban J connectivity index is 2.06. The maximum absolute atomic E-state index is 12.8. The van der Waals surface area contributed by atoms with Crippen molar-refractivity contribution in [1.82, 2.24) is 20.6 Å². The molecular weight excluding hydrogens is 556 g/mol. The molecule has 1 atom stereocenters. The fraction of sp³-hybridized carbons (Fsp3) is 0.375. The number of nitrogens with one attached hydrogen (secondary N) is 4. The summed E-state index contributed by atoms with van der Waals surface area (Å²) >= 11 is 1.11. The summed E-state index contributed by atoms with van der Waals surface area (Å²) in [6.07, 6.45) is 0. The van der Waals surface area contributed by atoms with Gasteiger partial charge in [-0.25, -0.2) is 8.42 Å². The van der Waals surface area contributed by atoms with Gasteiger partial charge in [0.1, 0.15) is 11.6 Å². The van der Waals surface area contributed by atoms with Crippen LogP contribution in [0.25, 0.3) is 0 Å². The van der Waals surface area contributed by atoms with Gasteiger partial charge in [0.2, 0.25) is 10.0 Å². The molecule has 0 radical (unpaired) electrons. The van der Waals surface area contributed by atoms with Crippen LogP contribution in [0.3, 0.4) is 0 Å². The number of sulfonamides is 1. The lowest BCUT2D eigenvalue weighted by Crippen LogP contribution is -2.50. The second kappa shape index (κ2) is 14.9. The quantitative estimate of drug-likeness (QED) is 0.0747. The van der Waals surface area contributed by atoms with Crippen molar-refractivity contribution < 1.29 is 32.8 Å². The van der Waals surface area contributed by atoms with Crippen LogP contribution in [0, 0.1) is 11.8 Å². The molecule has 1 amide bonds. The Morgan fingerprint density at radius 1 is 1.10 bits per heavy atom. The molecule has 0 bridgehead atoms. The Morgan fingerprint density at radius 2 is 1.77 bits per heavy atom. The van der Waals surface area contributed by atoms with Gasteiger partial charge in [-0.15, -0.1) is 11.3 Å². The zero-order chi connectivity index (χ0) is 29.9. The second-order valence-electron chi connectivity index (χ2n) is 9.48. The molecule has 0 fully saturated rings. The van der Waals surface area contributed by atoms with Gasteiger partial charge in [-0.2, -0.15) is 4.72 Å². The van der Waals surface area contributed by atoms with Crippen LogP contribution in [0.4, 0.5) is 0 Å². The van der Waals surface area contributed by atoms with Crippen LogP contribution in [-0.4, -0.2) is 75.1 Å². The Morgan fingerprint density at radius 3 is 2.38 bits per heavy atom. The van der Waals surface area contributed by atoms with Crippen molar-refractivity contribution in [2.75, 3.05) is 13.1 Å². The first kappa shape index (κ1) is 32.9. The summed E-state index contributed by atoms with van der Waals surface area (Å²) in [7, 11) is -5.94. The van der Waals surface area contributed by atoms with Gasteiger partial charge in [0.25, 0.3) is 5.91 Å². The predicted molar refractivity (Wildman–Crippen MR) is 156 cm³/mol. The number of amides is 1. The van der Waals surface area contributed by atoms with Crippen LogP contribution in [0.5, 0.6) is 0 Å². The standard InChI is InChI=1S/C24H33B2N5O7S2/c1-24(2,3)38-22(33)19(31-40(36,37)18-11-7-6-8-12-18)16-28-21(32)20-14-13-17(39-20)10-9-15-27-23(29-25(4)34)30-26(5)35/h6-8,11-14,19,31,34-35H,15-16H2,1-5H3,(H,28,32)(H2,27,29,30). The van der Waals surface area contributed by atoms with Gasteiger partial charge >= 0.3 is 20.1 Å². The van der Waals surface area contributed by atoms with E-state index in [1.165, 1.54) is 25.8 Å². The first-order chi connectivity index (χ1) is 18.7. The zero-order valence-electron chi connectivity index (χ0n) is 22.9. The summed E-state index contributed by atoms with van der Waals surface area (Å²) in [6.45, 7) is 7.72. The summed E-state index contributed by atoms with van der Waals surface area (Å²) in [5.41, 5.74) is -0.872. The lowest BCUT2D eigenvalue weighted by atomic mass is 9.88. The fourth-order valence-electron chi connectivity index (χ4n) is 2.99. The van der Waals surface area contributed by atoms with Crippen molar-refractivity contribution in [3.8, 4) is 11.8 Å². The summed E-state index contributed by atoms with van der Waals surface area (Å²) in [6, 6.07) is 9.40. The number of hydrogen-bond donors (Lipinski definition) is 6. The Kier molecular flexibility index (Phi) is 12.2. The molecule has 0 aliphatic carbocycles. The van der Waals surface area contributed by atoms with Crippen LogP contribution in [0.1, 0.15) is 35.3 Å². The lowest BCUT2D eigenvalue weighted by molar-refractivity contribution is -0.156.